The van der Waals surface area contributed by atoms with E-state index in [1.807, 2.05) is 11.0 Å². The maximum absolute atomic E-state index is 13.6. The predicted molar refractivity (Wildman–Crippen MR) is 108 cm³/mol. The number of aromatic nitrogens is 3. The van der Waals surface area contributed by atoms with E-state index in [9.17, 15) is 4.79 Å². The molecular weight excluding hydrogens is 392 g/mol. The highest BCUT2D eigenvalue weighted by Gasteiger charge is 2.61. The van der Waals surface area contributed by atoms with Gasteiger partial charge in [0.2, 0.25) is 5.91 Å². The lowest BCUT2D eigenvalue weighted by Crippen LogP contribution is -2.60. The summed E-state index contributed by atoms with van der Waals surface area (Å²) in [5, 5.41) is 8.04. The van der Waals surface area contributed by atoms with Crippen molar-refractivity contribution in [1.82, 2.24) is 14.8 Å². The van der Waals surface area contributed by atoms with Crippen molar-refractivity contribution in [3.05, 3.63) is 29.8 Å². The maximum atomic E-state index is 13.6. The van der Waals surface area contributed by atoms with E-state index in [-0.39, 0.29) is 11.4 Å². The second-order valence-corrected chi connectivity index (χ2v) is 9.35. The molecule has 1 amide bonds. The van der Waals surface area contributed by atoms with Gasteiger partial charge in [-0.05, 0) is 50.4 Å². The molecule has 0 unspecified atom stereocenters. The zero-order chi connectivity index (χ0) is 20.2. The first-order valence-corrected chi connectivity index (χ1v) is 10.4. The third-order valence-corrected chi connectivity index (χ3v) is 7.43. The fourth-order valence-electron chi connectivity index (χ4n) is 6.41. The van der Waals surface area contributed by atoms with E-state index >= 15 is 0 Å². The van der Waals surface area contributed by atoms with Crippen LogP contribution in [0.15, 0.2) is 24.8 Å². The van der Waals surface area contributed by atoms with Crippen LogP contribution in [0.4, 0.5) is 5.69 Å². The van der Waals surface area contributed by atoms with Crippen LogP contribution in [-0.4, -0.2) is 34.9 Å². The molecule has 4 saturated carbocycles. The summed E-state index contributed by atoms with van der Waals surface area (Å²) in [6.07, 6.45) is 9.44. The highest BCUT2D eigenvalue weighted by Crippen LogP contribution is 2.64. The smallest absolute Gasteiger partial charge is 0.230 e. The number of ether oxygens (including phenoxy) is 2. The van der Waals surface area contributed by atoms with Crippen LogP contribution in [-0.2, 0) is 10.3 Å². The maximum Gasteiger partial charge on any atom is 0.230 e. The van der Waals surface area contributed by atoms with Crippen molar-refractivity contribution in [2.45, 2.75) is 44.1 Å². The number of amides is 1. The second-order valence-electron chi connectivity index (χ2n) is 8.95. The van der Waals surface area contributed by atoms with Gasteiger partial charge in [0.15, 0.2) is 0 Å². The van der Waals surface area contributed by atoms with E-state index in [2.05, 4.69) is 15.4 Å². The molecule has 1 heterocycles. The van der Waals surface area contributed by atoms with Gasteiger partial charge in [0.25, 0.3) is 0 Å². The number of methoxy groups -OCH3 is 2. The van der Waals surface area contributed by atoms with Crippen LogP contribution in [0.2, 0.25) is 5.02 Å². The Kier molecular flexibility index (Phi) is 4.28. The monoisotopic (exact) mass is 416 g/mol. The first kappa shape index (κ1) is 18.7. The van der Waals surface area contributed by atoms with Gasteiger partial charge in [0.1, 0.15) is 24.2 Å². The van der Waals surface area contributed by atoms with E-state index in [0.29, 0.717) is 34.0 Å². The minimum atomic E-state index is -0.395. The molecule has 4 aliphatic carbocycles. The molecule has 0 radical (unpaired) electrons. The molecule has 4 aliphatic rings. The molecule has 1 N–H and O–H groups in total. The number of nitrogens with one attached hydrogen (secondary N) is 1. The summed E-state index contributed by atoms with van der Waals surface area (Å²) in [7, 11) is 3.12. The molecule has 29 heavy (non-hydrogen) atoms. The minimum Gasteiger partial charge on any atom is -0.495 e. The Hall–Kier alpha value is -2.28. The fraction of sp³-hybridized carbons (Fsp3) is 0.571. The van der Waals surface area contributed by atoms with Crippen molar-refractivity contribution in [2.75, 3.05) is 19.5 Å². The molecule has 1 aromatic carbocycles. The third-order valence-electron chi connectivity index (χ3n) is 7.14. The molecule has 2 atom stereocenters. The second kappa shape index (κ2) is 6.62. The standard InChI is InChI=1S/C21H25ClN4O3/c1-28-17-5-16(18(29-2)4-15(17)22)25-19(27)20-6-13-3-14(7-20)9-21(8-13,10-20)26-12-23-11-24-26/h4-5,11-14H,3,6-10H2,1-2H3,(H,25,27)/t13-,14-,20?,21?/m0/s1. The number of carbonyl (C=O) groups is 1. The van der Waals surface area contributed by atoms with Crippen molar-refractivity contribution >= 4 is 23.2 Å². The Balaban J connectivity index is 1.47. The van der Waals surface area contributed by atoms with Crippen LogP contribution in [0.1, 0.15) is 38.5 Å². The Bertz CT molecular complexity index is 932. The van der Waals surface area contributed by atoms with Gasteiger partial charge in [0, 0.05) is 12.1 Å². The molecule has 0 spiro atoms. The fourth-order valence-corrected chi connectivity index (χ4v) is 6.64. The lowest BCUT2D eigenvalue weighted by Gasteiger charge is -2.60. The molecule has 2 aromatic rings. The Labute approximate surface area is 174 Å². The van der Waals surface area contributed by atoms with E-state index in [1.54, 1.807) is 32.7 Å². The van der Waals surface area contributed by atoms with E-state index in [0.717, 1.165) is 32.1 Å². The lowest BCUT2D eigenvalue weighted by molar-refractivity contribution is -0.150. The number of carbonyl (C=O) groups excluding carboxylic acids is 1. The van der Waals surface area contributed by atoms with Crippen molar-refractivity contribution in [3.63, 3.8) is 0 Å². The highest BCUT2D eigenvalue weighted by atomic mass is 35.5. The van der Waals surface area contributed by atoms with E-state index in [1.165, 1.54) is 6.42 Å². The summed E-state index contributed by atoms with van der Waals surface area (Å²) < 4.78 is 12.8. The number of benzene rings is 1. The lowest BCUT2D eigenvalue weighted by atomic mass is 9.46. The van der Waals surface area contributed by atoms with Crippen LogP contribution < -0.4 is 14.8 Å². The molecule has 4 fully saturated rings. The largest absolute Gasteiger partial charge is 0.495 e. The van der Waals surface area contributed by atoms with Crippen molar-refractivity contribution in [1.29, 1.82) is 0 Å². The van der Waals surface area contributed by atoms with Crippen molar-refractivity contribution in [3.8, 4) is 11.5 Å². The molecular formula is C21H25ClN4O3. The molecule has 0 saturated heterocycles. The van der Waals surface area contributed by atoms with E-state index in [4.69, 9.17) is 21.1 Å². The van der Waals surface area contributed by atoms with Gasteiger partial charge in [-0.1, -0.05) is 11.6 Å². The average Bonchev–Trinajstić information content (AvgIpc) is 3.23. The number of halogens is 1. The van der Waals surface area contributed by atoms with Gasteiger partial charge < -0.3 is 14.8 Å². The van der Waals surface area contributed by atoms with Gasteiger partial charge >= 0.3 is 0 Å². The van der Waals surface area contributed by atoms with Crippen LogP contribution in [0.5, 0.6) is 11.5 Å². The number of rotatable bonds is 5. The Morgan fingerprint density at radius 2 is 1.90 bits per heavy atom. The third kappa shape index (κ3) is 2.89. The summed E-state index contributed by atoms with van der Waals surface area (Å²) in [4.78, 5) is 17.8. The van der Waals surface area contributed by atoms with Gasteiger partial charge in [-0.25, -0.2) is 9.67 Å². The SMILES string of the molecule is COc1cc(NC(=O)C23C[C@@H]4C[C@@H](C2)CC(n2cncn2)(C4)C3)c(OC)cc1Cl. The van der Waals surface area contributed by atoms with Crippen molar-refractivity contribution < 1.29 is 14.3 Å². The quantitative estimate of drug-likeness (QED) is 0.800. The number of nitrogens with zero attached hydrogens (tertiary/aromatic N) is 3. The van der Waals surface area contributed by atoms with Gasteiger partial charge in [0.05, 0.1) is 35.9 Å². The first-order chi connectivity index (χ1) is 14.0. The summed E-state index contributed by atoms with van der Waals surface area (Å²) in [6, 6.07) is 3.40. The topological polar surface area (TPSA) is 78.3 Å². The zero-order valence-corrected chi connectivity index (χ0v) is 17.4. The van der Waals surface area contributed by atoms with Crippen molar-refractivity contribution in [2.24, 2.45) is 17.3 Å². The Morgan fingerprint density at radius 1 is 1.17 bits per heavy atom. The first-order valence-electron chi connectivity index (χ1n) is 10.0. The highest BCUT2D eigenvalue weighted by molar-refractivity contribution is 6.32. The van der Waals surface area contributed by atoms with E-state index < -0.39 is 5.41 Å². The summed E-state index contributed by atoms with van der Waals surface area (Å²) in [6.45, 7) is 0. The Morgan fingerprint density at radius 3 is 2.52 bits per heavy atom. The molecule has 6 rings (SSSR count). The summed E-state index contributed by atoms with van der Waals surface area (Å²) in [5.74, 6) is 2.19. The average molecular weight is 417 g/mol. The molecule has 7 nitrogen and oxygen atoms in total. The number of anilines is 1. The number of hydrogen-bond acceptors (Lipinski definition) is 5. The van der Waals surface area contributed by atoms with Crippen LogP contribution in [0.3, 0.4) is 0 Å². The molecule has 4 bridgehead atoms. The van der Waals surface area contributed by atoms with Crippen LogP contribution >= 0.6 is 11.6 Å². The zero-order valence-electron chi connectivity index (χ0n) is 16.7. The molecule has 154 valence electrons. The normalized spacial score (nSPS) is 32.2. The van der Waals surface area contributed by atoms with Gasteiger partial charge in [-0.2, -0.15) is 5.10 Å². The van der Waals surface area contributed by atoms with Crippen LogP contribution in [0, 0.1) is 17.3 Å². The molecule has 0 aliphatic heterocycles. The van der Waals surface area contributed by atoms with Gasteiger partial charge in [-0.15, -0.1) is 0 Å². The van der Waals surface area contributed by atoms with Gasteiger partial charge in [-0.3, -0.25) is 4.79 Å². The molecule has 8 heteroatoms. The summed E-state index contributed by atoms with van der Waals surface area (Å²) in [5.41, 5.74) is 0.0949. The molecule has 1 aromatic heterocycles. The number of hydrogen-bond donors (Lipinski definition) is 1. The summed E-state index contributed by atoms with van der Waals surface area (Å²) >= 11 is 6.22. The minimum absolute atomic E-state index is 0.0544. The van der Waals surface area contributed by atoms with Crippen LogP contribution in [0.25, 0.3) is 0 Å². The predicted octanol–water partition coefficient (Wildman–Crippen LogP) is 3.88.